The first-order valence-corrected chi connectivity index (χ1v) is 9.18. The number of hydrogen-bond donors (Lipinski definition) is 1. The van der Waals surface area contributed by atoms with Gasteiger partial charge in [-0.05, 0) is 36.1 Å². The van der Waals surface area contributed by atoms with Gasteiger partial charge in [0.25, 0.3) is 11.6 Å². The number of nitro groups is 1. The molecule has 7 heteroatoms. The molecule has 1 aromatic heterocycles. The second-order valence-corrected chi connectivity index (χ2v) is 6.90. The number of carbonyl (C=O) groups excluding carboxylic acids is 1. The van der Waals surface area contributed by atoms with E-state index in [2.05, 4.69) is 5.32 Å². The molecule has 0 fully saturated rings. The van der Waals surface area contributed by atoms with Gasteiger partial charge in [0.2, 0.25) is 0 Å². The lowest BCUT2D eigenvalue weighted by Crippen LogP contribution is -2.32. The quantitative estimate of drug-likeness (QED) is 0.489. The van der Waals surface area contributed by atoms with Crippen molar-refractivity contribution < 1.29 is 14.5 Å². The van der Waals surface area contributed by atoms with Gasteiger partial charge in [-0.2, -0.15) is 0 Å². The third-order valence-electron chi connectivity index (χ3n) is 4.00. The van der Waals surface area contributed by atoms with Gasteiger partial charge in [0.05, 0.1) is 11.0 Å². The van der Waals surface area contributed by atoms with E-state index in [-0.39, 0.29) is 24.2 Å². The predicted octanol–water partition coefficient (Wildman–Crippen LogP) is 4.25. The Morgan fingerprint density at radius 1 is 1.19 bits per heavy atom. The fourth-order valence-corrected chi connectivity index (χ4v) is 3.50. The van der Waals surface area contributed by atoms with Crippen molar-refractivity contribution in [2.75, 3.05) is 6.61 Å². The van der Waals surface area contributed by atoms with Crippen molar-refractivity contribution in [2.45, 2.75) is 13.0 Å². The number of amides is 1. The molecule has 0 aliphatic heterocycles. The normalized spacial score (nSPS) is 11.6. The molecule has 0 aliphatic rings. The number of thiophene rings is 1. The molecule has 6 nitrogen and oxygen atoms in total. The number of rotatable bonds is 7. The summed E-state index contributed by atoms with van der Waals surface area (Å²) < 4.78 is 5.51. The van der Waals surface area contributed by atoms with Gasteiger partial charge in [-0.15, -0.1) is 11.3 Å². The van der Waals surface area contributed by atoms with E-state index in [1.54, 1.807) is 24.3 Å². The average Bonchev–Trinajstić information content (AvgIpc) is 3.19. The predicted molar refractivity (Wildman–Crippen MR) is 104 cm³/mol. The SMILES string of the molecule is Cc1cc(OCC(=O)N[C@H](c2ccccc2)c2cccs2)ccc1[N+](=O)[O-]. The maximum atomic E-state index is 12.4. The average molecular weight is 382 g/mol. The lowest BCUT2D eigenvalue weighted by atomic mass is 10.1. The molecule has 1 atom stereocenters. The Bertz CT molecular complexity index is 926. The summed E-state index contributed by atoms with van der Waals surface area (Å²) in [5.74, 6) is 0.147. The molecule has 1 heterocycles. The van der Waals surface area contributed by atoms with E-state index in [4.69, 9.17) is 4.74 Å². The largest absolute Gasteiger partial charge is 0.484 e. The molecule has 1 N–H and O–H groups in total. The third kappa shape index (κ3) is 4.71. The number of aryl methyl sites for hydroxylation is 1. The standard InChI is InChI=1S/C20H18N2O4S/c1-14-12-16(9-10-17(14)22(24)25)26-13-19(23)21-20(18-8-5-11-27-18)15-6-3-2-4-7-15/h2-12,20H,13H2,1H3,(H,21,23)/t20-/m1/s1. The van der Waals surface area contributed by atoms with E-state index in [0.29, 0.717) is 11.3 Å². The van der Waals surface area contributed by atoms with Gasteiger partial charge in [-0.1, -0.05) is 36.4 Å². The Morgan fingerprint density at radius 3 is 2.59 bits per heavy atom. The van der Waals surface area contributed by atoms with Crippen LogP contribution in [0, 0.1) is 17.0 Å². The fourth-order valence-electron chi connectivity index (χ4n) is 2.69. The summed E-state index contributed by atoms with van der Waals surface area (Å²) in [4.78, 5) is 23.9. The molecule has 0 bridgehead atoms. The van der Waals surface area contributed by atoms with E-state index in [9.17, 15) is 14.9 Å². The Morgan fingerprint density at radius 2 is 1.96 bits per heavy atom. The van der Waals surface area contributed by atoms with Crippen molar-refractivity contribution in [2.24, 2.45) is 0 Å². The van der Waals surface area contributed by atoms with Gasteiger partial charge in [0.1, 0.15) is 5.75 Å². The van der Waals surface area contributed by atoms with Gasteiger partial charge >= 0.3 is 0 Å². The topological polar surface area (TPSA) is 81.5 Å². The van der Waals surface area contributed by atoms with Crippen LogP contribution in [0.25, 0.3) is 0 Å². The zero-order chi connectivity index (χ0) is 19.2. The van der Waals surface area contributed by atoms with Crippen molar-refractivity contribution >= 4 is 22.9 Å². The minimum atomic E-state index is -0.447. The fraction of sp³-hybridized carbons (Fsp3) is 0.150. The number of nitro benzene ring substituents is 1. The molecule has 1 amide bonds. The highest BCUT2D eigenvalue weighted by molar-refractivity contribution is 7.10. The first-order chi connectivity index (χ1) is 13.0. The van der Waals surface area contributed by atoms with Gasteiger partial charge in [-0.25, -0.2) is 0 Å². The van der Waals surface area contributed by atoms with Crippen molar-refractivity contribution in [1.82, 2.24) is 5.32 Å². The smallest absolute Gasteiger partial charge is 0.272 e. The van der Waals surface area contributed by atoms with Crippen LogP contribution in [0.3, 0.4) is 0 Å². The highest BCUT2D eigenvalue weighted by atomic mass is 32.1. The molecule has 27 heavy (non-hydrogen) atoms. The van der Waals surface area contributed by atoms with Crippen molar-refractivity contribution in [3.05, 3.63) is 92.2 Å². The summed E-state index contributed by atoms with van der Waals surface area (Å²) in [6.07, 6.45) is 0. The summed E-state index contributed by atoms with van der Waals surface area (Å²) in [5, 5.41) is 15.8. The molecule has 3 rings (SSSR count). The summed E-state index contributed by atoms with van der Waals surface area (Å²) in [7, 11) is 0. The number of ether oxygens (including phenoxy) is 1. The molecular weight excluding hydrogens is 364 g/mol. The number of benzene rings is 2. The second-order valence-electron chi connectivity index (χ2n) is 5.92. The molecular formula is C20H18N2O4S. The molecule has 2 aromatic carbocycles. The third-order valence-corrected chi connectivity index (χ3v) is 4.94. The minimum Gasteiger partial charge on any atom is -0.484 e. The molecule has 0 saturated heterocycles. The Labute approximate surface area is 160 Å². The minimum absolute atomic E-state index is 0.0219. The van der Waals surface area contributed by atoms with Crippen LogP contribution < -0.4 is 10.1 Å². The zero-order valence-electron chi connectivity index (χ0n) is 14.6. The molecule has 138 valence electrons. The van der Waals surface area contributed by atoms with Gasteiger partial charge in [-0.3, -0.25) is 14.9 Å². The maximum Gasteiger partial charge on any atom is 0.272 e. The maximum absolute atomic E-state index is 12.4. The first kappa shape index (κ1) is 18.6. The van der Waals surface area contributed by atoms with E-state index in [1.807, 2.05) is 47.8 Å². The monoisotopic (exact) mass is 382 g/mol. The molecule has 0 radical (unpaired) electrons. The van der Waals surface area contributed by atoms with Crippen LogP contribution in [0.2, 0.25) is 0 Å². The summed E-state index contributed by atoms with van der Waals surface area (Å²) in [5.41, 5.74) is 1.49. The second kappa shape index (κ2) is 8.46. The summed E-state index contributed by atoms with van der Waals surface area (Å²) in [6.45, 7) is 1.46. The number of nitrogens with one attached hydrogen (secondary N) is 1. The highest BCUT2D eigenvalue weighted by Gasteiger charge is 2.18. The summed E-state index contributed by atoms with van der Waals surface area (Å²) in [6, 6.07) is 17.8. The van der Waals surface area contributed by atoms with E-state index >= 15 is 0 Å². The van der Waals surface area contributed by atoms with E-state index in [1.165, 1.54) is 12.1 Å². The van der Waals surface area contributed by atoms with Crippen LogP contribution in [0.1, 0.15) is 22.0 Å². The Balaban J connectivity index is 1.67. The van der Waals surface area contributed by atoms with Crippen LogP contribution in [0.15, 0.2) is 66.0 Å². The van der Waals surface area contributed by atoms with Gasteiger partial charge in [0.15, 0.2) is 6.61 Å². The molecule has 0 spiro atoms. The lowest BCUT2D eigenvalue weighted by molar-refractivity contribution is -0.385. The van der Waals surface area contributed by atoms with Gasteiger partial charge in [0, 0.05) is 16.5 Å². The van der Waals surface area contributed by atoms with Crippen LogP contribution in [-0.4, -0.2) is 17.4 Å². The molecule has 0 unspecified atom stereocenters. The van der Waals surface area contributed by atoms with Crippen molar-refractivity contribution in [3.8, 4) is 5.75 Å². The molecule has 0 aliphatic carbocycles. The van der Waals surface area contributed by atoms with Gasteiger partial charge < -0.3 is 10.1 Å². The molecule has 3 aromatic rings. The summed E-state index contributed by atoms with van der Waals surface area (Å²) >= 11 is 1.57. The van der Waals surface area contributed by atoms with Crippen molar-refractivity contribution in [3.63, 3.8) is 0 Å². The van der Waals surface area contributed by atoms with Crippen molar-refractivity contribution in [1.29, 1.82) is 0 Å². The number of carbonyl (C=O) groups is 1. The Kier molecular flexibility index (Phi) is 5.83. The highest BCUT2D eigenvalue weighted by Crippen LogP contribution is 2.26. The number of nitrogens with zero attached hydrogens (tertiary/aromatic N) is 1. The first-order valence-electron chi connectivity index (χ1n) is 8.30. The van der Waals surface area contributed by atoms with Crippen LogP contribution >= 0.6 is 11.3 Å². The van der Waals surface area contributed by atoms with Crippen LogP contribution in [-0.2, 0) is 4.79 Å². The lowest BCUT2D eigenvalue weighted by Gasteiger charge is -2.18. The van der Waals surface area contributed by atoms with Crippen LogP contribution in [0.5, 0.6) is 5.75 Å². The molecule has 0 saturated carbocycles. The number of hydrogen-bond acceptors (Lipinski definition) is 5. The van der Waals surface area contributed by atoms with E-state index < -0.39 is 4.92 Å². The van der Waals surface area contributed by atoms with E-state index in [0.717, 1.165) is 10.4 Å². The Hall–Kier alpha value is -3.19. The zero-order valence-corrected chi connectivity index (χ0v) is 15.4. The van der Waals surface area contributed by atoms with Crippen LogP contribution in [0.4, 0.5) is 5.69 Å².